The van der Waals surface area contributed by atoms with Crippen molar-refractivity contribution in [2.75, 3.05) is 6.61 Å². The molecule has 10 heavy (non-hydrogen) atoms. The molecule has 0 bridgehead atoms. The van der Waals surface area contributed by atoms with Crippen molar-refractivity contribution in [3.63, 3.8) is 0 Å². The first-order valence-corrected chi connectivity index (χ1v) is 3.75. The van der Waals surface area contributed by atoms with Crippen molar-refractivity contribution in [2.45, 2.75) is 31.5 Å². The van der Waals surface area contributed by atoms with Crippen LogP contribution in [0.2, 0.25) is 0 Å². The highest BCUT2D eigenvalue weighted by Gasteiger charge is 2.21. The number of hydrogen-bond acceptors (Lipinski definition) is 2. The van der Waals surface area contributed by atoms with Gasteiger partial charge in [0.15, 0.2) is 0 Å². The van der Waals surface area contributed by atoms with Crippen molar-refractivity contribution in [3.8, 4) is 0 Å². The second-order valence-electron chi connectivity index (χ2n) is 2.64. The first-order chi connectivity index (χ1) is 4.84. The van der Waals surface area contributed by atoms with Gasteiger partial charge in [-0.05, 0) is 19.3 Å². The predicted octanol–water partition coefficient (Wildman–Crippen LogP) is 1.10. The molecule has 2 nitrogen and oxygen atoms in total. The molecule has 1 fully saturated rings. The zero-order valence-corrected chi connectivity index (χ0v) is 6.12. The minimum Gasteiger partial charge on any atom is -0.390 e. The van der Waals surface area contributed by atoms with E-state index in [2.05, 4.69) is 6.58 Å². The summed E-state index contributed by atoms with van der Waals surface area (Å²) in [5.41, 5.74) is 0. The maximum atomic E-state index is 9.33. The van der Waals surface area contributed by atoms with E-state index in [0.717, 1.165) is 25.9 Å². The summed E-state index contributed by atoms with van der Waals surface area (Å²) in [6.45, 7) is 4.39. The van der Waals surface area contributed by atoms with Crippen molar-refractivity contribution >= 4 is 0 Å². The van der Waals surface area contributed by atoms with E-state index in [4.69, 9.17) is 4.74 Å². The molecule has 0 saturated carbocycles. The fraction of sp³-hybridized carbons (Fsp3) is 0.750. The largest absolute Gasteiger partial charge is 0.390 e. The molecule has 1 aliphatic rings. The molecule has 0 aromatic heterocycles. The highest BCUT2D eigenvalue weighted by Crippen LogP contribution is 2.16. The summed E-state index contributed by atoms with van der Waals surface area (Å²) in [7, 11) is 0. The molecule has 58 valence electrons. The lowest BCUT2D eigenvalue weighted by Gasteiger charge is -2.26. The Balaban J connectivity index is 2.32. The van der Waals surface area contributed by atoms with E-state index in [0.29, 0.717) is 0 Å². The van der Waals surface area contributed by atoms with Gasteiger partial charge in [0.2, 0.25) is 0 Å². The number of aliphatic hydroxyl groups is 1. The van der Waals surface area contributed by atoms with Gasteiger partial charge in [0, 0.05) is 6.61 Å². The molecule has 1 N–H and O–H groups in total. The molecule has 0 amide bonds. The lowest BCUT2D eigenvalue weighted by molar-refractivity contribution is -0.0713. The van der Waals surface area contributed by atoms with E-state index >= 15 is 0 Å². The summed E-state index contributed by atoms with van der Waals surface area (Å²) < 4.78 is 5.31. The maximum Gasteiger partial charge on any atom is 0.0868 e. The normalized spacial score (nSPS) is 33.7. The standard InChI is InChI=1S/C8H14O2/c1-2-4-8-7(9)5-3-6-10-8/h2,7-9H,1,3-6H2/t7-,8+/m1/s1. The third-order valence-electron chi connectivity index (χ3n) is 1.80. The summed E-state index contributed by atoms with van der Waals surface area (Å²) >= 11 is 0. The van der Waals surface area contributed by atoms with E-state index in [1.165, 1.54) is 0 Å². The van der Waals surface area contributed by atoms with Crippen LogP contribution in [0.1, 0.15) is 19.3 Å². The second kappa shape index (κ2) is 3.74. The van der Waals surface area contributed by atoms with Crippen LogP contribution >= 0.6 is 0 Å². The third kappa shape index (κ3) is 1.82. The van der Waals surface area contributed by atoms with Crippen molar-refractivity contribution < 1.29 is 9.84 Å². The first kappa shape index (κ1) is 7.76. The van der Waals surface area contributed by atoms with Crippen LogP contribution in [0, 0.1) is 0 Å². The minimum absolute atomic E-state index is 0.00579. The van der Waals surface area contributed by atoms with Crippen molar-refractivity contribution in [1.82, 2.24) is 0 Å². The molecule has 0 unspecified atom stereocenters. The molecular formula is C8H14O2. The van der Waals surface area contributed by atoms with Crippen molar-refractivity contribution in [3.05, 3.63) is 12.7 Å². The average molecular weight is 142 g/mol. The topological polar surface area (TPSA) is 29.5 Å². The number of aliphatic hydroxyl groups excluding tert-OH is 1. The molecule has 1 rings (SSSR count). The molecule has 0 radical (unpaired) electrons. The highest BCUT2D eigenvalue weighted by atomic mass is 16.5. The van der Waals surface area contributed by atoms with Crippen LogP contribution in [0.3, 0.4) is 0 Å². The molecule has 0 aromatic carbocycles. The number of hydrogen-bond donors (Lipinski definition) is 1. The lowest BCUT2D eigenvalue weighted by Crippen LogP contribution is -2.33. The van der Waals surface area contributed by atoms with Crippen LogP contribution in [0.15, 0.2) is 12.7 Å². The molecule has 2 atom stereocenters. The Morgan fingerprint density at radius 1 is 1.70 bits per heavy atom. The molecule has 1 heterocycles. The molecule has 2 heteroatoms. The fourth-order valence-corrected chi connectivity index (χ4v) is 1.21. The zero-order valence-electron chi connectivity index (χ0n) is 6.12. The molecule has 1 saturated heterocycles. The molecule has 0 aromatic rings. The monoisotopic (exact) mass is 142 g/mol. The van der Waals surface area contributed by atoms with Crippen LogP contribution in [0.25, 0.3) is 0 Å². The predicted molar refractivity (Wildman–Crippen MR) is 39.8 cm³/mol. The Morgan fingerprint density at radius 2 is 2.50 bits per heavy atom. The Labute approximate surface area is 61.5 Å². The summed E-state index contributed by atoms with van der Waals surface area (Å²) in [4.78, 5) is 0. The van der Waals surface area contributed by atoms with E-state index in [-0.39, 0.29) is 12.2 Å². The Hall–Kier alpha value is -0.340. The summed E-state index contributed by atoms with van der Waals surface area (Å²) in [5, 5.41) is 9.33. The Bertz CT molecular complexity index is 112. The van der Waals surface area contributed by atoms with Crippen LogP contribution in [-0.2, 0) is 4.74 Å². The van der Waals surface area contributed by atoms with Gasteiger partial charge in [-0.2, -0.15) is 0 Å². The lowest BCUT2D eigenvalue weighted by atomic mass is 10.0. The SMILES string of the molecule is C=CC[C@@H]1OCCC[C@H]1O. The van der Waals surface area contributed by atoms with Gasteiger partial charge in [0.1, 0.15) is 0 Å². The summed E-state index contributed by atoms with van der Waals surface area (Å²) in [6.07, 6.45) is 4.14. The second-order valence-corrected chi connectivity index (χ2v) is 2.64. The van der Waals surface area contributed by atoms with Gasteiger partial charge < -0.3 is 9.84 Å². The van der Waals surface area contributed by atoms with E-state index in [1.54, 1.807) is 6.08 Å². The molecule has 0 aliphatic carbocycles. The van der Waals surface area contributed by atoms with Crippen LogP contribution in [-0.4, -0.2) is 23.9 Å². The van der Waals surface area contributed by atoms with Crippen molar-refractivity contribution in [2.24, 2.45) is 0 Å². The van der Waals surface area contributed by atoms with Gasteiger partial charge in [-0.15, -0.1) is 6.58 Å². The van der Waals surface area contributed by atoms with Gasteiger partial charge in [-0.25, -0.2) is 0 Å². The first-order valence-electron chi connectivity index (χ1n) is 3.75. The van der Waals surface area contributed by atoms with Gasteiger partial charge in [0.05, 0.1) is 12.2 Å². The average Bonchev–Trinajstić information content (AvgIpc) is 1.94. The van der Waals surface area contributed by atoms with Crippen LogP contribution in [0.4, 0.5) is 0 Å². The summed E-state index contributed by atoms with van der Waals surface area (Å²) in [5.74, 6) is 0. The maximum absolute atomic E-state index is 9.33. The zero-order chi connectivity index (χ0) is 7.40. The van der Waals surface area contributed by atoms with Crippen LogP contribution < -0.4 is 0 Å². The van der Waals surface area contributed by atoms with E-state index in [1.807, 2.05) is 0 Å². The smallest absolute Gasteiger partial charge is 0.0868 e. The number of ether oxygens (including phenoxy) is 1. The Morgan fingerprint density at radius 3 is 3.10 bits per heavy atom. The quantitative estimate of drug-likeness (QED) is 0.585. The summed E-state index contributed by atoms with van der Waals surface area (Å²) in [6, 6.07) is 0. The minimum atomic E-state index is -0.272. The van der Waals surface area contributed by atoms with E-state index in [9.17, 15) is 5.11 Å². The highest BCUT2D eigenvalue weighted by molar-refractivity contribution is 4.80. The van der Waals surface area contributed by atoms with Crippen molar-refractivity contribution in [1.29, 1.82) is 0 Å². The molecule has 1 aliphatic heterocycles. The third-order valence-corrected chi connectivity index (χ3v) is 1.80. The van der Waals surface area contributed by atoms with Gasteiger partial charge in [-0.3, -0.25) is 0 Å². The van der Waals surface area contributed by atoms with Gasteiger partial charge >= 0.3 is 0 Å². The fourth-order valence-electron chi connectivity index (χ4n) is 1.21. The molecule has 0 spiro atoms. The number of rotatable bonds is 2. The van der Waals surface area contributed by atoms with Gasteiger partial charge in [-0.1, -0.05) is 6.08 Å². The van der Waals surface area contributed by atoms with Gasteiger partial charge in [0.25, 0.3) is 0 Å². The molecular weight excluding hydrogens is 128 g/mol. The van der Waals surface area contributed by atoms with Crippen LogP contribution in [0.5, 0.6) is 0 Å². The van der Waals surface area contributed by atoms with E-state index < -0.39 is 0 Å². The Kier molecular flexibility index (Phi) is 2.90.